The van der Waals surface area contributed by atoms with Gasteiger partial charge in [-0.15, -0.1) is 0 Å². The maximum Gasteiger partial charge on any atom is 0.293 e. The average Bonchev–Trinajstić information content (AvgIpc) is 2.78. The van der Waals surface area contributed by atoms with Crippen molar-refractivity contribution in [3.63, 3.8) is 0 Å². The Morgan fingerprint density at radius 1 is 1.06 bits per heavy atom. The zero-order valence-corrected chi connectivity index (χ0v) is 17.2. The SMILES string of the molecule is CN(C)c1ccc(/C=N\NC(=O)COc2ccc(-c3ccccc3)cc2)cc1[N+](=O)[O-]. The first kappa shape index (κ1) is 21.5. The molecule has 3 rings (SSSR count). The van der Waals surface area contributed by atoms with Gasteiger partial charge in [-0.05, 0) is 29.3 Å². The van der Waals surface area contributed by atoms with Crippen molar-refractivity contribution < 1.29 is 14.5 Å². The molecule has 0 spiro atoms. The Kier molecular flexibility index (Phi) is 6.95. The highest BCUT2D eigenvalue weighted by Crippen LogP contribution is 2.27. The molecule has 0 atom stereocenters. The number of rotatable bonds is 8. The van der Waals surface area contributed by atoms with Gasteiger partial charge in [0.05, 0.1) is 11.1 Å². The van der Waals surface area contributed by atoms with Crippen LogP contribution >= 0.6 is 0 Å². The van der Waals surface area contributed by atoms with E-state index in [0.29, 0.717) is 17.0 Å². The topological polar surface area (TPSA) is 97.1 Å². The molecule has 0 aliphatic rings. The van der Waals surface area contributed by atoms with Gasteiger partial charge >= 0.3 is 0 Å². The summed E-state index contributed by atoms with van der Waals surface area (Å²) in [7, 11) is 3.46. The van der Waals surface area contributed by atoms with Gasteiger partial charge in [-0.2, -0.15) is 5.10 Å². The molecule has 8 nitrogen and oxygen atoms in total. The number of carbonyl (C=O) groups excluding carboxylic acids is 1. The van der Waals surface area contributed by atoms with E-state index in [-0.39, 0.29) is 12.3 Å². The highest BCUT2D eigenvalue weighted by molar-refractivity contribution is 5.85. The maximum absolute atomic E-state index is 11.9. The van der Waals surface area contributed by atoms with Crippen molar-refractivity contribution in [2.24, 2.45) is 5.10 Å². The minimum atomic E-state index is -0.456. The monoisotopic (exact) mass is 418 g/mol. The molecule has 1 amide bonds. The van der Waals surface area contributed by atoms with Crippen LogP contribution in [0.2, 0.25) is 0 Å². The van der Waals surface area contributed by atoms with Crippen LogP contribution in [-0.2, 0) is 4.79 Å². The van der Waals surface area contributed by atoms with Crippen LogP contribution < -0.4 is 15.1 Å². The maximum atomic E-state index is 11.9. The fourth-order valence-electron chi connectivity index (χ4n) is 2.88. The lowest BCUT2D eigenvalue weighted by Gasteiger charge is -2.12. The first-order valence-corrected chi connectivity index (χ1v) is 9.50. The molecular weight excluding hydrogens is 396 g/mol. The molecule has 8 heteroatoms. The fourth-order valence-corrected chi connectivity index (χ4v) is 2.88. The first-order chi connectivity index (χ1) is 14.9. The van der Waals surface area contributed by atoms with Gasteiger partial charge in [0.1, 0.15) is 11.4 Å². The molecule has 3 aromatic carbocycles. The van der Waals surface area contributed by atoms with Gasteiger partial charge in [0.2, 0.25) is 0 Å². The number of nitrogens with one attached hydrogen (secondary N) is 1. The number of hydrogen-bond donors (Lipinski definition) is 1. The normalized spacial score (nSPS) is 10.6. The van der Waals surface area contributed by atoms with Crippen LogP contribution in [0.4, 0.5) is 11.4 Å². The summed E-state index contributed by atoms with van der Waals surface area (Å²) in [5, 5.41) is 15.1. The smallest absolute Gasteiger partial charge is 0.293 e. The van der Waals surface area contributed by atoms with Crippen LogP contribution in [0.1, 0.15) is 5.56 Å². The summed E-state index contributed by atoms with van der Waals surface area (Å²) >= 11 is 0. The summed E-state index contributed by atoms with van der Waals surface area (Å²) < 4.78 is 5.47. The van der Waals surface area contributed by atoms with Crippen LogP contribution in [0, 0.1) is 10.1 Å². The Bertz CT molecular complexity index is 1080. The van der Waals surface area contributed by atoms with Crippen LogP contribution in [0.15, 0.2) is 77.9 Å². The number of ether oxygens (including phenoxy) is 1. The quantitative estimate of drug-likeness (QED) is 0.340. The molecule has 0 aliphatic carbocycles. The summed E-state index contributed by atoms with van der Waals surface area (Å²) in [6.45, 7) is -0.207. The minimum Gasteiger partial charge on any atom is -0.484 e. The second kappa shape index (κ2) is 10.0. The minimum absolute atomic E-state index is 0.0393. The largest absolute Gasteiger partial charge is 0.484 e. The van der Waals surface area contributed by atoms with Gasteiger partial charge in [-0.25, -0.2) is 5.43 Å². The number of anilines is 1. The zero-order valence-electron chi connectivity index (χ0n) is 17.2. The molecule has 0 bridgehead atoms. The standard InChI is InChI=1S/C23H22N4O4/c1-26(2)21-13-8-17(14-22(21)27(29)30)15-24-25-23(28)16-31-20-11-9-19(10-12-20)18-6-4-3-5-7-18/h3-15H,16H2,1-2H3,(H,25,28)/b24-15-. The number of hydrazone groups is 1. The second-order valence-corrected chi connectivity index (χ2v) is 6.87. The Morgan fingerprint density at radius 3 is 2.39 bits per heavy atom. The predicted molar refractivity (Wildman–Crippen MR) is 121 cm³/mol. The van der Waals surface area contributed by atoms with Crippen molar-refractivity contribution in [1.29, 1.82) is 0 Å². The van der Waals surface area contributed by atoms with Gasteiger partial charge < -0.3 is 9.64 Å². The number of hydrogen-bond acceptors (Lipinski definition) is 6. The number of carbonyl (C=O) groups is 1. The highest BCUT2D eigenvalue weighted by atomic mass is 16.6. The third kappa shape index (κ3) is 5.89. The molecule has 0 unspecified atom stereocenters. The van der Waals surface area contributed by atoms with E-state index in [0.717, 1.165) is 11.1 Å². The van der Waals surface area contributed by atoms with Gasteiger partial charge in [-0.1, -0.05) is 48.5 Å². The molecular formula is C23H22N4O4. The number of amides is 1. The Hall–Kier alpha value is -4.20. The van der Waals surface area contributed by atoms with Crippen LogP contribution in [0.25, 0.3) is 11.1 Å². The number of nitro groups is 1. The summed E-state index contributed by atoms with van der Waals surface area (Å²) in [5.74, 6) is 0.122. The van der Waals surface area contributed by atoms with Crippen molar-refractivity contribution >= 4 is 23.5 Å². The van der Waals surface area contributed by atoms with E-state index >= 15 is 0 Å². The molecule has 0 saturated carbocycles. The van der Waals surface area contributed by atoms with Crippen molar-refractivity contribution in [1.82, 2.24) is 5.43 Å². The van der Waals surface area contributed by atoms with Gasteiger partial charge in [0.15, 0.2) is 6.61 Å². The van der Waals surface area contributed by atoms with Gasteiger partial charge in [-0.3, -0.25) is 14.9 Å². The van der Waals surface area contributed by atoms with E-state index in [9.17, 15) is 14.9 Å². The Balaban J connectivity index is 1.53. The molecule has 1 N–H and O–H groups in total. The number of nitro benzene ring substituents is 1. The lowest BCUT2D eigenvalue weighted by Crippen LogP contribution is -2.24. The van der Waals surface area contributed by atoms with Crippen molar-refractivity contribution in [2.45, 2.75) is 0 Å². The van der Waals surface area contributed by atoms with Crippen LogP contribution in [0.3, 0.4) is 0 Å². The lowest BCUT2D eigenvalue weighted by molar-refractivity contribution is -0.384. The molecule has 0 fully saturated rings. The summed E-state index contributed by atoms with van der Waals surface area (Å²) in [6.07, 6.45) is 1.35. The van der Waals surface area contributed by atoms with E-state index in [1.165, 1.54) is 12.3 Å². The molecule has 0 aliphatic heterocycles. The second-order valence-electron chi connectivity index (χ2n) is 6.87. The summed E-state index contributed by atoms with van der Waals surface area (Å²) in [5.41, 5.74) is 5.44. The molecule has 0 saturated heterocycles. The molecule has 0 heterocycles. The number of benzene rings is 3. The van der Waals surface area contributed by atoms with Gasteiger partial charge in [0.25, 0.3) is 11.6 Å². The van der Waals surface area contributed by atoms with Gasteiger partial charge in [0, 0.05) is 25.7 Å². The molecule has 0 radical (unpaired) electrons. The average molecular weight is 418 g/mol. The van der Waals surface area contributed by atoms with Crippen molar-refractivity contribution in [3.05, 3.63) is 88.5 Å². The van der Waals surface area contributed by atoms with Crippen molar-refractivity contribution in [3.8, 4) is 16.9 Å². The van der Waals surface area contributed by atoms with E-state index < -0.39 is 10.8 Å². The summed E-state index contributed by atoms with van der Waals surface area (Å²) in [6, 6.07) is 22.1. The van der Waals surface area contributed by atoms with Crippen LogP contribution in [0.5, 0.6) is 5.75 Å². The third-order valence-electron chi connectivity index (χ3n) is 4.41. The fraction of sp³-hybridized carbons (Fsp3) is 0.130. The van der Waals surface area contributed by atoms with E-state index in [4.69, 9.17) is 4.74 Å². The van der Waals surface area contributed by atoms with Crippen LogP contribution in [-0.4, -0.2) is 37.7 Å². The lowest BCUT2D eigenvalue weighted by atomic mass is 10.1. The molecule has 31 heavy (non-hydrogen) atoms. The zero-order chi connectivity index (χ0) is 22.2. The van der Waals surface area contributed by atoms with E-state index in [1.807, 2.05) is 42.5 Å². The first-order valence-electron chi connectivity index (χ1n) is 9.50. The van der Waals surface area contributed by atoms with Crippen molar-refractivity contribution in [2.75, 3.05) is 25.6 Å². The molecule has 0 aromatic heterocycles. The summed E-state index contributed by atoms with van der Waals surface area (Å²) in [4.78, 5) is 24.4. The predicted octanol–water partition coefficient (Wildman–Crippen LogP) is 3.86. The molecule has 158 valence electrons. The van der Waals surface area contributed by atoms with E-state index in [2.05, 4.69) is 10.5 Å². The molecule has 3 aromatic rings. The number of nitrogens with zero attached hydrogens (tertiary/aromatic N) is 3. The Morgan fingerprint density at radius 2 is 1.74 bits per heavy atom. The van der Waals surface area contributed by atoms with E-state index in [1.54, 1.807) is 43.3 Å². The Labute approximate surface area is 179 Å². The third-order valence-corrected chi connectivity index (χ3v) is 4.41. The highest BCUT2D eigenvalue weighted by Gasteiger charge is 2.15.